The number of hydrogen-bond acceptors (Lipinski definition) is 2. The summed E-state index contributed by atoms with van der Waals surface area (Å²) in [5.74, 6) is -1.60. The normalized spacial score (nSPS) is 22.9. The molecule has 1 fully saturated rings. The minimum Gasteiger partial charge on any atom is -0.335 e. The molecule has 1 aromatic carbocycles. The maximum absolute atomic E-state index is 13.6. The Hall–Kier alpha value is -1.49. The summed E-state index contributed by atoms with van der Waals surface area (Å²) in [6.07, 6.45) is 2.54. The third-order valence-corrected chi connectivity index (χ3v) is 3.98. The van der Waals surface area contributed by atoms with Gasteiger partial charge in [-0.25, -0.2) is 8.78 Å². The topological polar surface area (TPSA) is 46.3 Å². The van der Waals surface area contributed by atoms with Crippen molar-refractivity contribution in [3.8, 4) is 0 Å². The van der Waals surface area contributed by atoms with Crippen LogP contribution in [0.15, 0.2) is 18.2 Å². The highest BCUT2D eigenvalue weighted by Gasteiger charge is 2.31. The zero-order chi connectivity index (χ0) is 14.7. The molecule has 1 aromatic rings. The molecule has 1 heterocycles. The van der Waals surface area contributed by atoms with E-state index in [4.69, 9.17) is 5.73 Å². The lowest BCUT2D eigenvalue weighted by Gasteiger charge is -2.40. The summed E-state index contributed by atoms with van der Waals surface area (Å²) in [7, 11) is 0. The number of nitrogens with zero attached hydrogens (tertiary/aromatic N) is 1. The lowest BCUT2D eigenvalue weighted by atomic mass is 9.95. The van der Waals surface area contributed by atoms with Crippen LogP contribution in [0.2, 0.25) is 0 Å². The number of nitrogens with two attached hydrogens (primary N) is 1. The number of benzene rings is 1. The fraction of sp³-hybridized carbons (Fsp3) is 0.533. The van der Waals surface area contributed by atoms with Gasteiger partial charge in [-0.1, -0.05) is 6.07 Å². The Morgan fingerprint density at radius 2 is 2.00 bits per heavy atom. The van der Waals surface area contributed by atoms with Crippen LogP contribution in [0.25, 0.3) is 0 Å². The van der Waals surface area contributed by atoms with Crippen LogP contribution in [0, 0.1) is 11.6 Å². The summed E-state index contributed by atoms with van der Waals surface area (Å²) in [5, 5.41) is 0. The van der Waals surface area contributed by atoms with Crippen LogP contribution in [-0.4, -0.2) is 29.4 Å². The zero-order valence-corrected chi connectivity index (χ0v) is 11.6. The standard InChI is InChI=1S/C15H20F2N2O/c1-10-4-2-5-11(9-18)19(10)15(20)8-12-13(16)6-3-7-14(12)17/h3,6-7,10-11H,2,4-5,8-9,18H2,1H3. The van der Waals surface area contributed by atoms with Gasteiger partial charge >= 0.3 is 0 Å². The molecule has 2 atom stereocenters. The average Bonchev–Trinajstić information content (AvgIpc) is 2.42. The summed E-state index contributed by atoms with van der Waals surface area (Å²) in [6, 6.07) is 3.68. The minimum absolute atomic E-state index is 0.0268. The van der Waals surface area contributed by atoms with E-state index in [0.717, 1.165) is 19.3 Å². The lowest BCUT2D eigenvalue weighted by Crippen LogP contribution is -2.52. The van der Waals surface area contributed by atoms with E-state index in [-0.39, 0.29) is 30.0 Å². The van der Waals surface area contributed by atoms with Crippen LogP contribution < -0.4 is 5.73 Å². The molecule has 1 saturated heterocycles. The minimum atomic E-state index is -0.674. The predicted molar refractivity (Wildman–Crippen MR) is 73.1 cm³/mol. The van der Waals surface area contributed by atoms with Crippen LogP contribution in [0.5, 0.6) is 0 Å². The van der Waals surface area contributed by atoms with E-state index < -0.39 is 11.6 Å². The number of carbonyl (C=O) groups excluding carboxylic acids is 1. The molecule has 5 heteroatoms. The number of rotatable bonds is 3. The molecular formula is C15H20F2N2O. The quantitative estimate of drug-likeness (QED) is 0.924. The second-order valence-corrected chi connectivity index (χ2v) is 5.35. The molecule has 1 amide bonds. The second-order valence-electron chi connectivity index (χ2n) is 5.35. The first-order chi connectivity index (χ1) is 9.54. The number of piperidine rings is 1. The van der Waals surface area contributed by atoms with Crippen LogP contribution >= 0.6 is 0 Å². The molecule has 1 aliphatic rings. The van der Waals surface area contributed by atoms with E-state index in [0.29, 0.717) is 6.54 Å². The van der Waals surface area contributed by atoms with Gasteiger partial charge in [0.05, 0.1) is 6.42 Å². The Balaban J connectivity index is 2.18. The molecule has 2 N–H and O–H groups in total. The van der Waals surface area contributed by atoms with E-state index in [9.17, 15) is 13.6 Å². The van der Waals surface area contributed by atoms with Crippen molar-refractivity contribution in [3.63, 3.8) is 0 Å². The lowest BCUT2D eigenvalue weighted by molar-refractivity contribution is -0.136. The average molecular weight is 282 g/mol. The fourth-order valence-electron chi connectivity index (χ4n) is 2.91. The van der Waals surface area contributed by atoms with Crippen molar-refractivity contribution in [2.24, 2.45) is 5.73 Å². The molecule has 2 rings (SSSR count). The van der Waals surface area contributed by atoms with Gasteiger partial charge in [-0.3, -0.25) is 4.79 Å². The van der Waals surface area contributed by atoms with Crippen molar-refractivity contribution in [3.05, 3.63) is 35.4 Å². The highest BCUT2D eigenvalue weighted by atomic mass is 19.1. The van der Waals surface area contributed by atoms with Crippen LogP contribution in [0.3, 0.4) is 0 Å². The van der Waals surface area contributed by atoms with E-state index >= 15 is 0 Å². The molecule has 3 nitrogen and oxygen atoms in total. The monoisotopic (exact) mass is 282 g/mol. The molecule has 20 heavy (non-hydrogen) atoms. The number of likely N-dealkylation sites (tertiary alicyclic amines) is 1. The van der Waals surface area contributed by atoms with Crippen molar-refractivity contribution >= 4 is 5.91 Å². The third-order valence-electron chi connectivity index (χ3n) is 3.98. The van der Waals surface area contributed by atoms with Gasteiger partial charge in [-0.05, 0) is 38.3 Å². The Kier molecular flexibility index (Phi) is 4.70. The SMILES string of the molecule is CC1CCCC(CN)N1C(=O)Cc1c(F)cccc1F. The summed E-state index contributed by atoms with van der Waals surface area (Å²) >= 11 is 0. The number of amides is 1. The van der Waals surface area contributed by atoms with E-state index in [1.54, 1.807) is 4.90 Å². The van der Waals surface area contributed by atoms with Crippen molar-refractivity contribution < 1.29 is 13.6 Å². The van der Waals surface area contributed by atoms with Gasteiger partial charge in [0.2, 0.25) is 5.91 Å². The van der Waals surface area contributed by atoms with Gasteiger partial charge in [0.15, 0.2) is 0 Å². The van der Waals surface area contributed by atoms with E-state index in [1.807, 2.05) is 6.92 Å². The van der Waals surface area contributed by atoms with Crippen molar-refractivity contribution in [2.45, 2.75) is 44.7 Å². The summed E-state index contributed by atoms with van der Waals surface area (Å²) in [4.78, 5) is 14.1. The molecule has 0 radical (unpaired) electrons. The Labute approximate surface area is 117 Å². The predicted octanol–water partition coefficient (Wildman–Crippen LogP) is 2.24. The van der Waals surface area contributed by atoms with Gasteiger partial charge < -0.3 is 10.6 Å². The molecule has 0 spiro atoms. The Morgan fingerprint density at radius 1 is 1.35 bits per heavy atom. The highest BCUT2D eigenvalue weighted by molar-refractivity contribution is 5.79. The van der Waals surface area contributed by atoms with Gasteiger partial charge in [-0.2, -0.15) is 0 Å². The summed E-state index contributed by atoms with van der Waals surface area (Å²) in [5.41, 5.74) is 5.54. The van der Waals surface area contributed by atoms with Crippen LogP contribution in [0.4, 0.5) is 8.78 Å². The zero-order valence-electron chi connectivity index (χ0n) is 11.6. The maximum Gasteiger partial charge on any atom is 0.227 e. The second kappa shape index (κ2) is 6.31. The van der Waals surface area contributed by atoms with Crippen LogP contribution in [-0.2, 0) is 11.2 Å². The smallest absolute Gasteiger partial charge is 0.227 e. The number of halogens is 2. The Bertz CT molecular complexity index is 473. The highest BCUT2D eigenvalue weighted by Crippen LogP contribution is 2.24. The Morgan fingerprint density at radius 3 is 2.60 bits per heavy atom. The molecular weight excluding hydrogens is 262 g/mol. The summed E-state index contributed by atoms with van der Waals surface area (Å²) < 4.78 is 27.2. The van der Waals surface area contributed by atoms with Gasteiger partial charge in [-0.15, -0.1) is 0 Å². The van der Waals surface area contributed by atoms with Crippen molar-refractivity contribution in [1.29, 1.82) is 0 Å². The van der Waals surface area contributed by atoms with Crippen molar-refractivity contribution in [2.75, 3.05) is 6.54 Å². The first kappa shape index (κ1) is 14.9. The summed E-state index contributed by atoms with van der Waals surface area (Å²) in [6.45, 7) is 2.34. The van der Waals surface area contributed by atoms with Crippen LogP contribution in [0.1, 0.15) is 31.7 Å². The molecule has 0 aliphatic carbocycles. The first-order valence-electron chi connectivity index (χ1n) is 6.98. The van der Waals surface area contributed by atoms with Crippen molar-refractivity contribution in [1.82, 2.24) is 4.90 Å². The van der Waals surface area contributed by atoms with E-state index in [2.05, 4.69) is 0 Å². The first-order valence-corrected chi connectivity index (χ1v) is 6.98. The molecule has 2 unspecified atom stereocenters. The molecule has 1 aliphatic heterocycles. The maximum atomic E-state index is 13.6. The van der Waals surface area contributed by atoms with E-state index in [1.165, 1.54) is 18.2 Å². The molecule has 110 valence electrons. The number of carbonyl (C=O) groups is 1. The fourth-order valence-corrected chi connectivity index (χ4v) is 2.91. The largest absolute Gasteiger partial charge is 0.335 e. The number of hydrogen-bond donors (Lipinski definition) is 1. The molecule has 0 bridgehead atoms. The molecule has 0 aromatic heterocycles. The van der Waals surface area contributed by atoms with Gasteiger partial charge in [0.25, 0.3) is 0 Å². The molecule has 0 saturated carbocycles. The van der Waals surface area contributed by atoms with Gasteiger partial charge in [0.1, 0.15) is 11.6 Å². The van der Waals surface area contributed by atoms with Gasteiger partial charge in [0, 0.05) is 24.2 Å². The third kappa shape index (κ3) is 2.98.